The second kappa shape index (κ2) is 4.37. The molecule has 2 N–H and O–H groups in total. The van der Waals surface area contributed by atoms with Gasteiger partial charge in [-0.25, -0.2) is 0 Å². The Bertz CT molecular complexity index is 297. The van der Waals surface area contributed by atoms with Gasteiger partial charge in [-0.05, 0) is 31.4 Å². The van der Waals surface area contributed by atoms with Crippen LogP contribution >= 0.6 is 0 Å². The number of hydrogen-bond donors (Lipinski definition) is 1. The molecule has 3 unspecified atom stereocenters. The summed E-state index contributed by atoms with van der Waals surface area (Å²) in [7, 11) is 0. The van der Waals surface area contributed by atoms with Crippen LogP contribution < -0.4 is 5.73 Å². The van der Waals surface area contributed by atoms with E-state index in [0.29, 0.717) is 18.0 Å². The molecular weight excluding hydrogens is 188 g/mol. The quantitative estimate of drug-likeness (QED) is 0.806. The number of rotatable bonds is 2. The van der Waals surface area contributed by atoms with Gasteiger partial charge in [0.1, 0.15) is 5.76 Å². The maximum absolute atomic E-state index is 6.05. The van der Waals surface area contributed by atoms with E-state index >= 15 is 0 Å². The Morgan fingerprint density at radius 1 is 1.53 bits per heavy atom. The number of likely N-dealkylation sites (tertiary alicyclic amines) is 1. The van der Waals surface area contributed by atoms with Crippen molar-refractivity contribution in [2.45, 2.75) is 38.9 Å². The van der Waals surface area contributed by atoms with Crippen molar-refractivity contribution in [1.29, 1.82) is 0 Å². The molecule has 15 heavy (non-hydrogen) atoms. The van der Waals surface area contributed by atoms with Crippen molar-refractivity contribution in [3.05, 3.63) is 24.2 Å². The molecule has 0 aromatic carbocycles. The van der Waals surface area contributed by atoms with E-state index in [-0.39, 0.29) is 0 Å². The fourth-order valence-corrected chi connectivity index (χ4v) is 2.30. The maximum atomic E-state index is 6.05. The van der Waals surface area contributed by atoms with Crippen LogP contribution in [0.25, 0.3) is 0 Å². The Kier molecular flexibility index (Phi) is 3.12. The number of piperidine rings is 1. The Hall–Kier alpha value is -0.800. The molecule has 3 heteroatoms. The van der Waals surface area contributed by atoms with Crippen molar-refractivity contribution >= 4 is 0 Å². The molecular formula is C12H20N2O. The topological polar surface area (TPSA) is 42.4 Å². The molecule has 0 bridgehead atoms. The summed E-state index contributed by atoms with van der Waals surface area (Å²) < 4.78 is 5.37. The minimum Gasteiger partial charge on any atom is -0.468 e. The van der Waals surface area contributed by atoms with Crippen LogP contribution in [0.5, 0.6) is 0 Å². The Morgan fingerprint density at radius 3 is 3.00 bits per heavy atom. The van der Waals surface area contributed by atoms with Gasteiger partial charge in [0.2, 0.25) is 0 Å². The van der Waals surface area contributed by atoms with Crippen LogP contribution in [-0.4, -0.2) is 23.5 Å². The van der Waals surface area contributed by atoms with Crippen molar-refractivity contribution in [2.75, 3.05) is 6.54 Å². The van der Waals surface area contributed by atoms with Crippen LogP contribution in [0.3, 0.4) is 0 Å². The van der Waals surface area contributed by atoms with Gasteiger partial charge >= 0.3 is 0 Å². The van der Waals surface area contributed by atoms with E-state index < -0.39 is 0 Å². The third-order valence-corrected chi connectivity index (χ3v) is 3.70. The molecule has 1 aromatic rings. The summed E-state index contributed by atoms with van der Waals surface area (Å²) in [6.07, 6.45) is 2.82. The van der Waals surface area contributed by atoms with Crippen molar-refractivity contribution < 1.29 is 4.42 Å². The summed E-state index contributed by atoms with van der Waals surface area (Å²) in [5.41, 5.74) is 6.05. The fraction of sp³-hybridized carbons (Fsp3) is 0.667. The van der Waals surface area contributed by atoms with Crippen LogP contribution in [0.15, 0.2) is 22.8 Å². The second-order valence-electron chi connectivity index (χ2n) is 4.60. The van der Waals surface area contributed by atoms with Gasteiger partial charge in [-0.15, -0.1) is 0 Å². The molecule has 1 aliphatic rings. The van der Waals surface area contributed by atoms with Gasteiger partial charge in [-0.3, -0.25) is 4.90 Å². The summed E-state index contributed by atoms with van der Waals surface area (Å²) in [4.78, 5) is 2.45. The van der Waals surface area contributed by atoms with Gasteiger partial charge in [0.15, 0.2) is 0 Å². The van der Waals surface area contributed by atoms with Crippen LogP contribution in [0, 0.1) is 5.92 Å². The number of furan rings is 1. The number of hydrogen-bond acceptors (Lipinski definition) is 3. The van der Waals surface area contributed by atoms with E-state index in [0.717, 1.165) is 25.3 Å². The first-order chi connectivity index (χ1) is 7.18. The average Bonchev–Trinajstić information content (AvgIpc) is 2.72. The Balaban J connectivity index is 1.98. The normalized spacial score (nSPS) is 33.1. The van der Waals surface area contributed by atoms with E-state index in [1.165, 1.54) is 0 Å². The molecule has 2 rings (SSSR count). The van der Waals surface area contributed by atoms with Gasteiger partial charge in [-0.1, -0.05) is 6.92 Å². The molecule has 3 atom stereocenters. The van der Waals surface area contributed by atoms with Gasteiger partial charge in [0, 0.05) is 18.6 Å². The van der Waals surface area contributed by atoms with Crippen molar-refractivity contribution in [1.82, 2.24) is 4.90 Å². The molecule has 0 amide bonds. The molecule has 0 spiro atoms. The molecule has 1 saturated heterocycles. The van der Waals surface area contributed by atoms with E-state index in [1.807, 2.05) is 12.1 Å². The average molecular weight is 208 g/mol. The molecule has 0 aliphatic carbocycles. The molecule has 2 heterocycles. The monoisotopic (exact) mass is 208 g/mol. The van der Waals surface area contributed by atoms with E-state index in [9.17, 15) is 0 Å². The fourth-order valence-electron chi connectivity index (χ4n) is 2.30. The van der Waals surface area contributed by atoms with Gasteiger partial charge in [-0.2, -0.15) is 0 Å². The summed E-state index contributed by atoms with van der Waals surface area (Å²) in [5.74, 6) is 1.61. The highest BCUT2D eigenvalue weighted by Crippen LogP contribution is 2.23. The zero-order valence-corrected chi connectivity index (χ0v) is 9.52. The minimum absolute atomic E-state index is 0.354. The molecule has 1 fully saturated rings. The molecule has 0 saturated carbocycles. The highest BCUT2D eigenvalue weighted by atomic mass is 16.3. The lowest BCUT2D eigenvalue weighted by Gasteiger charge is -2.40. The third-order valence-electron chi connectivity index (χ3n) is 3.70. The summed E-state index contributed by atoms with van der Waals surface area (Å²) in [6, 6.07) is 4.87. The smallest absolute Gasteiger partial charge is 0.117 e. The molecule has 0 radical (unpaired) electrons. The predicted molar refractivity (Wildman–Crippen MR) is 60.3 cm³/mol. The molecule has 84 valence electrons. The lowest BCUT2D eigenvalue weighted by molar-refractivity contribution is 0.0842. The SMILES string of the molecule is CC1C(N)CCN(Cc2ccco2)C1C. The molecule has 1 aliphatic heterocycles. The third kappa shape index (κ3) is 2.24. The van der Waals surface area contributed by atoms with Gasteiger partial charge in [0.05, 0.1) is 12.8 Å². The second-order valence-corrected chi connectivity index (χ2v) is 4.60. The standard InChI is InChI=1S/C12H20N2O/c1-9-10(2)14(6-5-12(9)13)8-11-4-3-7-15-11/h3-4,7,9-10,12H,5-6,8,13H2,1-2H3. The van der Waals surface area contributed by atoms with Crippen molar-refractivity contribution in [3.8, 4) is 0 Å². The molecule has 1 aromatic heterocycles. The van der Waals surface area contributed by atoms with Crippen LogP contribution in [-0.2, 0) is 6.54 Å². The zero-order chi connectivity index (χ0) is 10.8. The van der Waals surface area contributed by atoms with Crippen LogP contribution in [0.1, 0.15) is 26.0 Å². The Morgan fingerprint density at radius 2 is 2.33 bits per heavy atom. The first-order valence-electron chi connectivity index (χ1n) is 5.70. The van der Waals surface area contributed by atoms with Crippen molar-refractivity contribution in [2.24, 2.45) is 11.7 Å². The molecule has 3 nitrogen and oxygen atoms in total. The summed E-state index contributed by atoms with van der Waals surface area (Å²) in [6.45, 7) is 6.48. The largest absolute Gasteiger partial charge is 0.468 e. The highest BCUT2D eigenvalue weighted by Gasteiger charge is 2.30. The number of nitrogens with zero attached hydrogens (tertiary/aromatic N) is 1. The summed E-state index contributed by atoms with van der Waals surface area (Å²) in [5, 5.41) is 0. The van der Waals surface area contributed by atoms with E-state index in [4.69, 9.17) is 10.2 Å². The minimum atomic E-state index is 0.354. The zero-order valence-electron chi connectivity index (χ0n) is 9.52. The van der Waals surface area contributed by atoms with E-state index in [1.54, 1.807) is 6.26 Å². The lowest BCUT2D eigenvalue weighted by Crippen LogP contribution is -2.51. The van der Waals surface area contributed by atoms with Crippen LogP contribution in [0.4, 0.5) is 0 Å². The summed E-state index contributed by atoms with van der Waals surface area (Å²) >= 11 is 0. The predicted octanol–water partition coefficient (Wildman–Crippen LogP) is 1.84. The maximum Gasteiger partial charge on any atom is 0.117 e. The van der Waals surface area contributed by atoms with Crippen LogP contribution in [0.2, 0.25) is 0 Å². The first kappa shape index (κ1) is 10.7. The number of nitrogens with two attached hydrogens (primary N) is 1. The lowest BCUT2D eigenvalue weighted by atomic mass is 9.87. The highest BCUT2D eigenvalue weighted by molar-refractivity contribution is 4.99. The van der Waals surface area contributed by atoms with Gasteiger partial charge < -0.3 is 10.2 Å². The van der Waals surface area contributed by atoms with Gasteiger partial charge in [0.25, 0.3) is 0 Å². The Labute approximate surface area is 91.2 Å². The van der Waals surface area contributed by atoms with E-state index in [2.05, 4.69) is 18.7 Å². The first-order valence-corrected chi connectivity index (χ1v) is 5.70. The van der Waals surface area contributed by atoms with Crippen molar-refractivity contribution in [3.63, 3.8) is 0 Å².